The molecule has 0 saturated carbocycles. The summed E-state index contributed by atoms with van der Waals surface area (Å²) in [5.41, 5.74) is 1.82. The molecule has 0 aliphatic carbocycles. The number of rotatable bonds is 2. The predicted octanol–water partition coefficient (Wildman–Crippen LogP) is 3.65. The largest absolute Gasteiger partial charge is 0.490 e. The van der Waals surface area contributed by atoms with Crippen molar-refractivity contribution in [3.8, 4) is 11.5 Å². The van der Waals surface area contributed by atoms with Gasteiger partial charge in [-0.3, -0.25) is 4.79 Å². The van der Waals surface area contributed by atoms with Crippen LogP contribution in [0.3, 0.4) is 0 Å². The van der Waals surface area contributed by atoms with Crippen LogP contribution in [0.15, 0.2) is 54.6 Å². The lowest BCUT2D eigenvalue weighted by atomic mass is 10.2. The summed E-state index contributed by atoms with van der Waals surface area (Å²) in [5, 5.41) is 3.86. The van der Waals surface area contributed by atoms with E-state index in [2.05, 4.69) is 10.3 Å². The first-order chi connectivity index (χ1) is 11.8. The van der Waals surface area contributed by atoms with Crippen molar-refractivity contribution in [3.63, 3.8) is 0 Å². The van der Waals surface area contributed by atoms with Crippen LogP contribution >= 0.6 is 0 Å². The second-order valence-corrected chi connectivity index (χ2v) is 5.56. The first kappa shape index (κ1) is 14.5. The van der Waals surface area contributed by atoms with Crippen LogP contribution in [-0.4, -0.2) is 24.1 Å². The van der Waals surface area contributed by atoms with Crippen LogP contribution < -0.4 is 14.8 Å². The van der Waals surface area contributed by atoms with Crippen molar-refractivity contribution in [2.75, 3.05) is 18.5 Å². The van der Waals surface area contributed by atoms with Crippen LogP contribution in [0, 0.1) is 0 Å². The third-order valence-corrected chi connectivity index (χ3v) is 3.84. The van der Waals surface area contributed by atoms with E-state index in [4.69, 9.17) is 9.47 Å². The fraction of sp³-hybridized carbons (Fsp3) is 0.158. The number of fused-ring (bicyclic) bond motifs is 2. The van der Waals surface area contributed by atoms with Crippen LogP contribution in [0.4, 0.5) is 5.69 Å². The molecule has 1 aliphatic rings. The van der Waals surface area contributed by atoms with Crippen molar-refractivity contribution < 1.29 is 14.3 Å². The molecule has 5 nitrogen and oxygen atoms in total. The summed E-state index contributed by atoms with van der Waals surface area (Å²) in [5.74, 6) is 1.10. The molecular formula is C19H16N2O3. The third-order valence-electron chi connectivity index (χ3n) is 3.84. The van der Waals surface area contributed by atoms with E-state index in [0.29, 0.717) is 36.1 Å². The summed E-state index contributed by atoms with van der Waals surface area (Å²) in [4.78, 5) is 16.9. The van der Waals surface area contributed by atoms with Crippen LogP contribution in [0.2, 0.25) is 0 Å². The molecule has 0 radical (unpaired) electrons. The van der Waals surface area contributed by atoms with Crippen LogP contribution in [0.25, 0.3) is 10.9 Å². The van der Waals surface area contributed by atoms with Crippen molar-refractivity contribution in [3.05, 3.63) is 60.3 Å². The topological polar surface area (TPSA) is 60.5 Å². The van der Waals surface area contributed by atoms with Crippen LogP contribution in [0.5, 0.6) is 11.5 Å². The maximum absolute atomic E-state index is 12.4. The molecule has 120 valence electrons. The maximum atomic E-state index is 12.4. The van der Waals surface area contributed by atoms with Gasteiger partial charge in [-0.1, -0.05) is 24.3 Å². The number of hydrogen-bond acceptors (Lipinski definition) is 4. The van der Waals surface area contributed by atoms with Crippen LogP contribution in [-0.2, 0) is 0 Å². The molecule has 0 atom stereocenters. The van der Waals surface area contributed by atoms with Gasteiger partial charge in [0, 0.05) is 23.6 Å². The van der Waals surface area contributed by atoms with Gasteiger partial charge in [0.25, 0.3) is 5.91 Å². The van der Waals surface area contributed by atoms with Crippen LogP contribution in [0.1, 0.15) is 16.9 Å². The highest BCUT2D eigenvalue weighted by Crippen LogP contribution is 2.32. The Hall–Kier alpha value is -3.08. The molecular weight excluding hydrogens is 304 g/mol. The first-order valence-electron chi connectivity index (χ1n) is 7.86. The number of ether oxygens (including phenoxy) is 2. The Morgan fingerprint density at radius 2 is 1.79 bits per heavy atom. The molecule has 1 aliphatic heterocycles. The van der Waals surface area contributed by atoms with Gasteiger partial charge in [-0.25, -0.2) is 4.98 Å². The number of carbonyl (C=O) groups excluding carboxylic acids is 1. The minimum Gasteiger partial charge on any atom is -0.490 e. The van der Waals surface area contributed by atoms with E-state index >= 15 is 0 Å². The molecule has 0 unspecified atom stereocenters. The molecule has 2 heterocycles. The van der Waals surface area contributed by atoms with Gasteiger partial charge in [0.2, 0.25) is 0 Å². The number of nitrogens with zero attached hydrogens (tertiary/aromatic N) is 1. The number of carbonyl (C=O) groups is 1. The fourth-order valence-electron chi connectivity index (χ4n) is 2.63. The third kappa shape index (κ3) is 2.88. The lowest BCUT2D eigenvalue weighted by Gasteiger charge is -2.10. The molecule has 4 rings (SSSR count). The minimum atomic E-state index is -0.254. The Balaban J connectivity index is 1.57. The second kappa shape index (κ2) is 6.20. The molecule has 0 saturated heterocycles. The average Bonchev–Trinajstić information content (AvgIpc) is 2.86. The lowest BCUT2D eigenvalue weighted by molar-refractivity contribution is 0.102. The van der Waals surface area contributed by atoms with Gasteiger partial charge in [0.05, 0.1) is 18.7 Å². The summed E-state index contributed by atoms with van der Waals surface area (Å²) in [6.45, 7) is 1.25. The highest BCUT2D eigenvalue weighted by atomic mass is 16.5. The summed E-state index contributed by atoms with van der Waals surface area (Å²) in [7, 11) is 0. The van der Waals surface area contributed by atoms with Gasteiger partial charge < -0.3 is 14.8 Å². The lowest BCUT2D eigenvalue weighted by Crippen LogP contribution is -2.13. The number of nitrogens with one attached hydrogen (secondary N) is 1. The monoisotopic (exact) mass is 320 g/mol. The predicted molar refractivity (Wildman–Crippen MR) is 91.7 cm³/mol. The molecule has 0 fully saturated rings. The Kier molecular flexibility index (Phi) is 3.75. The van der Waals surface area contributed by atoms with E-state index in [-0.39, 0.29) is 5.91 Å². The summed E-state index contributed by atoms with van der Waals surface area (Å²) in [6.07, 6.45) is 0.845. The average molecular weight is 320 g/mol. The van der Waals surface area contributed by atoms with E-state index in [1.165, 1.54) is 0 Å². The minimum absolute atomic E-state index is 0.254. The van der Waals surface area contributed by atoms with Crippen molar-refractivity contribution in [2.45, 2.75) is 6.42 Å². The fourth-order valence-corrected chi connectivity index (χ4v) is 2.63. The Morgan fingerprint density at radius 1 is 0.958 bits per heavy atom. The number of hydrogen-bond donors (Lipinski definition) is 1. The number of para-hydroxylation sites is 1. The van der Waals surface area contributed by atoms with Crippen molar-refractivity contribution in [1.29, 1.82) is 0 Å². The number of aromatic nitrogens is 1. The molecule has 2 aromatic carbocycles. The number of amides is 1. The highest BCUT2D eigenvalue weighted by molar-refractivity contribution is 6.04. The molecule has 3 aromatic rings. The quantitative estimate of drug-likeness (QED) is 0.783. The second-order valence-electron chi connectivity index (χ2n) is 5.56. The summed E-state index contributed by atoms with van der Waals surface area (Å²) < 4.78 is 11.2. The normalized spacial score (nSPS) is 13.3. The van der Waals surface area contributed by atoms with Gasteiger partial charge >= 0.3 is 0 Å². The van der Waals surface area contributed by atoms with Gasteiger partial charge in [0.15, 0.2) is 11.5 Å². The Labute approximate surface area is 139 Å². The molecule has 1 amide bonds. The molecule has 0 spiro atoms. The molecule has 1 N–H and O–H groups in total. The number of benzene rings is 2. The Bertz CT molecular complexity index is 908. The van der Waals surface area contributed by atoms with Crippen molar-refractivity contribution in [2.24, 2.45) is 0 Å². The SMILES string of the molecule is O=C(Nc1ccc2c(c1)OCCCO2)c1ccc2ccccc2n1. The van der Waals surface area contributed by atoms with E-state index in [1.54, 1.807) is 18.2 Å². The van der Waals surface area contributed by atoms with Gasteiger partial charge in [-0.2, -0.15) is 0 Å². The maximum Gasteiger partial charge on any atom is 0.274 e. The smallest absolute Gasteiger partial charge is 0.274 e. The van der Waals surface area contributed by atoms with Crippen molar-refractivity contribution >= 4 is 22.5 Å². The zero-order valence-electron chi connectivity index (χ0n) is 13.0. The van der Waals surface area contributed by atoms with Gasteiger partial charge in [-0.15, -0.1) is 0 Å². The van der Waals surface area contributed by atoms with E-state index in [9.17, 15) is 4.79 Å². The first-order valence-corrected chi connectivity index (χ1v) is 7.86. The molecule has 5 heteroatoms. The van der Waals surface area contributed by atoms with E-state index in [1.807, 2.05) is 36.4 Å². The van der Waals surface area contributed by atoms with Gasteiger partial charge in [-0.05, 0) is 24.3 Å². The zero-order valence-corrected chi connectivity index (χ0v) is 13.0. The Morgan fingerprint density at radius 3 is 2.71 bits per heavy atom. The van der Waals surface area contributed by atoms with E-state index in [0.717, 1.165) is 17.3 Å². The summed E-state index contributed by atoms with van der Waals surface area (Å²) in [6, 6.07) is 16.7. The number of anilines is 1. The highest BCUT2D eigenvalue weighted by Gasteiger charge is 2.13. The molecule has 0 bridgehead atoms. The summed E-state index contributed by atoms with van der Waals surface area (Å²) >= 11 is 0. The standard InChI is InChI=1S/C19H16N2O3/c22-19(16-8-6-13-4-1-2-5-15(13)21-16)20-14-7-9-17-18(12-14)24-11-3-10-23-17/h1-2,4-9,12H,3,10-11H2,(H,20,22). The number of pyridine rings is 1. The van der Waals surface area contributed by atoms with E-state index < -0.39 is 0 Å². The zero-order chi connectivity index (χ0) is 16.4. The molecule has 1 aromatic heterocycles. The van der Waals surface area contributed by atoms with Crippen molar-refractivity contribution in [1.82, 2.24) is 4.98 Å². The van der Waals surface area contributed by atoms with Gasteiger partial charge in [0.1, 0.15) is 5.69 Å². The molecule has 24 heavy (non-hydrogen) atoms.